The van der Waals surface area contributed by atoms with E-state index in [0.717, 1.165) is 24.0 Å². The van der Waals surface area contributed by atoms with Gasteiger partial charge in [-0.25, -0.2) is 9.48 Å². The monoisotopic (exact) mass is 380 g/mol. The third kappa shape index (κ3) is 3.02. The highest BCUT2D eigenvalue weighted by Crippen LogP contribution is 2.38. The molecule has 1 aliphatic carbocycles. The maximum Gasteiger partial charge on any atom is 0.346 e. The number of benzene rings is 1. The van der Waals surface area contributed by atoms with Crippen LogP contribution in [0.25, 0.3) is 0 Å². The molecule has 9 heteroatoms. The Bertz CT molecular complexity index is 1110. The van der Waals surface area contributed by atoms with Crippen LogP contribution in [0.4, 0.5) is 0 Å². The van der Waals surface area contributed by atoms with E-state index in [-0.39, 0.29) is 24.0 Å². The van der Waals surface area contributed by atoms with Crippen molar-refractivity contribution in [1.29, 1.82) is 0 Å². The van der Waals surface area contributed by atoms with Gasteiger partial charge in [0.1, 0.15) is 6.54 Å². The van der Waals surface area contributed by atoms with E-state index in [2.05, 4.69) is 21.3 Å². The van der Waals surface area contributed by atoms with E-state index in [4.69, 9.17) is 4.52 Å². The normalized spacial score (nSPS) is 16.5. The van der Waals surface area contributed by atoms with Gasteiger partial charge in [0.05, 0.1) is 0 Å². The van der Waals surface area contributed by atoms with Crippen LogP contribution in [-0.2, 0) is 19.6 Å². The van der Waals surface area contributed by atoms with Crippen LogP contribution >= 0.6 is 0 Å². The Labute approximate surface area is 160 Å². The molecule has 0 spiro atoms. The molecule has 0 atom stereocenters. The summed E-state index contributed by atoms with van der Waals surface area (Å²) in [5, 5.41) is 8.21. The Morgan fingerprint density at radius 3 is 2.82 bits per heavy atom. The van der Waals surface area contributed by atoms with E-state index >= 15 is 0 Å². The quantitative estimate of drug-likeness (QED) is 0.662. The zero-order chi connectivity index (χ0) is 19.3. The molecule has 144 valence electrons. The van der Waals surface area contributed by atoms with E-state index in [1.54, 1.807) is 4.90 Å². The highest BCUT2D eigenvalue weighted by molar-refractivity contribution is 5.91. The maximum absolute atomic E-state index is 12.9. The van der Waals surface area contributed by atoms with Crippen molar-refractivity contribution in [2.45, 2.75) is 45.3 Å². The number of hydrogen-bond donors (Lipinski definition) is 0. The topological polar surface area (TPSA) is 99.0 Å². The van der Waals surface area contributed by atoms with Crippen molar-refractivity contribution in [3.8, 4) is 0 Å². The number of aryl methyl sites for hydroxylation is 1. The molecule has 2 aliphatic rings. The second kappa shape index (κ2) is 6.43. The van der Waals surface area contributed by atoms with Crippen molar-refractivity contribution >= 4 is 5.91 Å². The Balaban J connectivity index is 1.37. The Kier molecular flexibility index (Phi) is 3.88. The van der Waals surface area contributed by atoms with Gasteiger partial charge in [-0.1, -0.05) is 35.0 Å². The maximum atomic E-state index is 12.9. The summed E-state index contributed by atoms with van der Waals surface area (Å²) in [6, 6.07) is 8.05. The van der Waals surface area contributed by atoms with Crippen molar-refractivity contribution in [3.63, 3.8) is 0 Å². The fraction of sp³-hybridized carbons (Fsp3) is 0.421. The van der Waals surface area contributed by atoms with E-state index < -0.39 is 0 Å². The van der Waals surface area contributed by atoms with Gasteiger partial charge in [0.15, 0.2) is 5.82 Å². The number of aromatic nitrogens is 5. The second-order valence-electron chi connectivity index (χ2n) is 7.45. The number of fused-ring (bicyclic) bond motifs is 1. The van der Waals surface area contributed by atoms with Crippen LogP contribution in [0.5, 0.6) is 0 Å². The molecule has 28 heavy (non-hydrogen) atoms. The Hall–Kier alpha value is -3.23. The third-order valence-electron chi connectivity index (χ3n) is 5.16. The van der Waals surface area contributed by atoms with Crippen molar-refractivity contribution in [2.24, 2.45) is 0 Å². The molecule has 0 radical (unpaired) electrons. The van der Waals surface area contributed by atoms with Crippen molar-refractivity contribution in [2.75, 3.05) is 6.54 Å². The molecule has 9 nitrogen and oxygen atoms in total. The minimum absolute atomic E-state index is 0.0731. The fourth-order valence-electron chi connectivity index (χ4n) is 3.52. The number of carbonyl (C=O) groups excluding carboxylic acids is 1. The molecule has 0 unspecified atom stereocenters. The first kappa shape index (κ1) is 16.9. The molecule has 0 bridgehead atoms. The molecule has 1 aliphatic heterocycles. The average Bonchev–Trinajstić information content (AvgIpc) is 3.34. The second-order valence-corrected chi connectivity index (χ2v) is 7.45. The molecule has 3 aromatic rings. The van der Waals surface area contributed by atoms with Crippen molar-refractivity contribution in [3.05, 3.63) is 63.4 Å². The summed E-state index contributed by atoms with van der Waals surface area (Å²) in [5.74, 6) is 1.32. The molecular weight excluding hydrogens is 360 g/mol. The van der Waals surface area contributed by atoms with E-state index in [0.29, 0.717) is 37.3 Å². The summed E-state index contributed by atoms with van der Waals surface area (Å²) in [6.45, 7) is 3.48. The number of hydrogen-bond acceptors (Lipinski definition) is 6. The minimum atomic E-state index is -0.329. The molecule has 1 aromatic carbocycles. The van der Waals surface area contributed by atoms with Crippen LogP contribution in [0, 0.1) is 6.92 Å². The average molecular weight is 380 g/mol. The third-order valence-corrected chi connectivity index (χ3v) is 5.16. The van der Waals surface area contributed by atoms with Gasteiger partial charge in [0, 0.05) is 25.6 Å². The molecule has 3 heterocycles. The fourth-order valence-corrected chi connectivity index (χ4v) is 3.52. The minimum Gasteiger partial charge on any atom is -0.337 e. The van der Waals surface area contributed by atoms with Crippen LogP contribution in [0.15, 0.2) is 33.6 Å². The highest BCUT2D eigenvalue weighted by Gasteiger charge is 2.31. The summed E-state index contributed by atoms with van der Waals surface area (Å²) in [5.41, 5.74) is 1.88. The molecular formula is C19H20N6O3. The Morgan fingerprint density at radius 1 is 1.18 bits per heavy atom. The van der Waals surface area contributed by atoms with Gasteiger partial charge in [-0.05, 0) is 25.3 Å². The number of carbonyl (C=O) groups is 1. The molecule has 0 saturated heterocycles. The van der Waals surface area contributed by atoms with Gasteiger partial charge in [-0.2, -0.15) is 4.98 Å². The molecule has 0 N–H and O–H groups in total. The summed E-state index contributed by atoms with van der Waals surface area (Å²) < 4.78 is 7.88. The van der Waals surface area contributed by atoms with Crippen molar-refractivity contribution in [1.82, 2.24) is 29.4 Å². The number of nitrogens with zero attached hydrogens (tertiary/aromatic N) is 6. The van der Waals surface area contributed by atoms with Gasteiger partial charge >= 0.3 is 5.69 Å². The predicted octanol–water partition coefficient (Wildman–Crippen LogP) is 1.32. The molecule has 2 aromatic heterocycles. The molecule has 5 rings (SSSR count). The van der Waals surface area contributed by atoms with Crippen LogP contribution in [-0.4, -0.2) is 41.8 Å². The lowest BCUT2D eigenvalue weighted by Gasteiger charge is -2.26. The van der Waals surface area contributed by atoms with Gasteiger partial charge in [0.25, 0.3) is 5.91 Å². The summed E-state index contributed by atoms with van der Waals surface area (Å²) in [4.78, 5) is 31.5. The predicted molar refractivity (Wildman–Crippen MR) is 97.8 cm³/mol. The van der Waals surface area contributed by atoms with Crippen LogP contribution < -0.4 is 5.69 Å². The van der Waals surface area contributed by atoms with Crippen LogP contribution in [0.3, 0.4) is 0 Å². The van der Waals surface area contributed by atoms with Gasteiger partial charge in [-0.15, -0.1) is 5.10 Å². The van der Waals surface area contributed by atoms with Gasteiger partial charge in [0.2, 0.25) is 11.7 Å². The first-order chi connectivity index (χ1) is 13.6. The first-order valence-corrected chi connectivity index (χ1v) is 9.43. The van der Waals surface area contributed by atoms with Crippen LogP contribution in [0.2, 0.25) is 0 Å². The summed E-state index contributed by atoms with van der Waals surface area (Å²) in [7, 11) is 0. The largest absolute Gasteiger partial charge is 0.346 e. The lowest BCUT2D eigenvalue weighted by atomic mass is 10.1. The number of rotatable bonds is 5. The zero-order valence-corrected chi connectivity index (χ0v) is 15.5. The molecule has 1 amide bonds. The lowest BCUT2D eigenvalue weighted by molar-refractivity contribution is 0.0681. The van der Waals surface area contributed by atoms with Crippen molar-refractivity contribution < 1.29 is 9.32 Å². The van der Waals surface area contributed by atoms with Gasteiger partial charge < -0.3 is 9.42 Å². The van der Waals surface area contributed by atoms with E-state index in [1.807, 2.05) is 25.1 Å². The number of amides is 1. The molecule has 1 fully saturated rings. The SMILES string of the molecule is Cc1cccc(CN2CCn3c(nn(Cc4nc(C5CC5)no4)c3=O)C2=O)c1. The van der Waals surface area contributed by atoms with E-state index in [9.17, 15) is 9.59 Å². The summed E-state index contributed by atoms with van der Waals surface area (Å²) >= 11 is 0. The highest BCUT2D eigenvalue weighted by atomic mass is 16.5. The summed E-state index contributed by atoms with van der Waals surface area (Å²) in [6.07, 6.45) is 2.14. The standard InChI is InChI=1S/C19H20N6O3/c1-12-3-2-4-13(9-12)10-23-7-8-24-17(18(23)26)21-25(19(24)27)11-15-20-16(22-28-15)14-5-6-14/h2-4,9,14H,5-8,10-11H2,1H3. The zero-order valence-electron chi connectivity index (χ0n) is 15.5. The lowest BCUT2D eigenvalue weighted by Crippen LogP contribution is -2.42. The first-order valence-electron chi connectivity index (χ1n) is 9.43. The van der Waals surface area contributed by atoms with Crippen LogP contribution in [0.1, 0.15) is 52.2 Å². The smallest absolute Gasteiger partial charge is 0.337 e. The van der Waals surface area contributed by atoms with E-state index in [1.165, 1.54) is 9.25 Å². The Morgan fingerprint density at radius 2 is 2.04 bits per heavy atom. The van der Waals surface area contributed by atoms with Gasteiger partial charge in [-0.3, -0.25) is 9.36 Å². The molecule has 1 saturated carbocycles.